The number of carboxylic acids is 1. The first-order valence-electron chi connectivity index (χ1n) is 11.1. The lowest BCUT2D eigenvalue weighted by molar-refractivity contribution is -0.162. The second-order valence-electron chi connectivity index (χ2n) is 10.0. The quantitative estimate of drug-likeness (QED) is 0.313. The molecule has 2 saturated carbocycles. The highest BCUT2D eigenvalue weighted by atomic mass is 16.6. The van der Waals surface area contributed by atoms with Crippen molar-refractivity contribution >= 4 is 17.7 Å². The van der Waals surface area contributed by atoms with Gasteiger partial charge < -0.3 is 9.84 Å². The fourth-order valence-electron chi connectivity index (χ4n) is 3.86. The summed E-state index contributed by atoms with van der Waals surface area (Å²) in [6, 6.07) is 0. The summed E-state index contributed by atoms with van der Waals surface area (Å²) in [6.45, 7) is 5.72. The van der Waals surface area contributed by atoms with Gasteiger partial charge in [-0.2, -0.15) is 0 Å². The normalized spacial score (nSPS) is 19.1. The minimum absolute atomic E-state index is 0.0491. The molecular weight excluding hydrogens is 356 g/mol. The number of carbonyl (C=O) groups is 3. The molecule has 0 aliphatic heterocycles. The Balaban J connectivity index is 1.47. The standard InChI is InChI=1S/C23H38O5/c1-21(2,3)28-20(27)23(16-17-23)13-9-5-7-11-18(24)10-6-4-8-12-22(14-15-22)19(25)26/h4-17H2,1-3H3,(H,25,26). The fraction of sp³-hybridized carbons (Fsp3) is 0.870. The van der Waals surface area contributed by atoms with Gasteiger partial charge in [-0.05, 0) is 72.1 Å². The Hall–Kier alpha value is -1.39. The highest BCUT2D eigenvalue weighted by molar-refractivity contribution is 5.80. The third-order valence-corrected chi connectivity index (χ3v) is 6.21. The molecule has 28 heavy (non-hydrogen) atoms. The Morgan fingerprint density at radius 2 is 1.25 bits per heavy atom. The predicted molar refractivity (Wildman–Crippen MR) is 108 cm³/mol. The van der Waals surface area contributed by atoms with Crippen molar-refractivity contribution in [3.63, 3.8) is 0 Å². The van der Waals surface area contributed by atoms with Gasteiger partial charge in [-0.15, -0.1) is 0 Å². The van der Waals surface area contributed by atoms with Gasteiger partial charge in [0.05, 0.1) is 10.8 Å². The van der Waals surface area contributed by atoms with Crippen LogP contribution in [0.2, 0.25) is 0 Å². The van der Waals surface area contributed by atoms with Crippen LogP contribution in [0.15, 0.2) is 0 Å². The van der Waals surface area contributed by atoms with Crippen LogP contribution < -0.4 is 0 Å². The van der Waals surface area contributed by atoms with Crippen LogP contribution >= 0.6 is 0 Å². The lowest BCUT2D eigenvalue weighted by atomic mass is 9.96. The lowest BCUT2D eigenvalue weighted by Crippen LogP contribution is -2.29. The molecule has 0 aromatic rings. The van der Waals surface area contributed by atoms with Crippen LogP contribution in [0.4, 0.5) is 0 Å². The van der Waals surface area contributed by atoms with Crippen LogP contribution in [0.3, 0.4) is 0 Å². The van der Waals surface area contributed by atoms with Gasteiger partial charge in [0, 0.05) is 12.8 Å². The molecule has 160 valence electrons. The van der Waals surface area contributed by atoms with Crippen molar-refractivity contribution in [2.45, 2.75) is 116 Å². The van der Waals surface area contributed by atoms with Crippen LogP contribution in [0.1, 0.15) is 111 Å². The second-order valence-corrected chi connectivity index (χ2v) is 10.0. The number of ketones is 1. The SMILES string of the molecule is CC(C)(C)OC(=O)C1(CCCCCC(=O)CCCCCC2(C(=O)O)CC2)CC1. The van der Waals surface area contributed by atoms with E-state index in [1.54, 1.807) is 0 Å². The molecule has 0 unspecified atom stereocenters. The summed E-state index contributed by atoms with van der Waals surface area (Å²) in [6.07, 6.45) is 12.0. The van der Waals surface area contributed by atoms with Crippen molar-refractivity contribution in [1.82, 2.24) is 0 Å². The van der Waals surface area contributed by atoms with Crippen molar-refractivity contribution in [3.8, 4) is 0 Å². The third kappa shape index (κ3) is 7.21. The van der Waals surface area contributed by atoms with Gasteiger partial charge in [0.2, 0.25) is 0 Å². The molecule has 2 rings (SSSR count). The molecule has 0 aromatic heterocycles. The molecule has 0 atom stereocenters. The van der Waals surface area contributed by atoms with E-state index in [0.717, 1.165) is 77.0 Å². The summed E-state index contributed by atoms with van der Waals surface area (Å²) < 4.78 is 5.54. The first kappa shape index (κ1) is 22.9. The number of rotatable bonds is 14. The Labute approximate surface area is 169 Å². The van der Waals surface area contributed by atoms with Crippen LogP contribution in [0.25, 0.3) is 0 Å². The van der Waals surface area contributed by atoms with Gasteiger partial charge in [0.25, 0.3) is 0 Å². The molecule has 0 amide bonds. The second kappa shape index (κ2) is 9.41. The average molecular weight is 395 g/mol. The van der Waals surface area contributed by atoms with Gasteiger partial charge in [0.15, 0.2) is 0 Å². The first-order chi connectivity index (χ1) is 13.1. The summed E-state index contributed by atoms with van der Waals surface area (Å²) in [4.78, 5) is 35.4. The maximum atomic E-state index is 12.3. The predicted octanol–water partition coefficient (Wildman–Crippen LogP) is 5.44. The van der Waals surface area contributed by atoms with E-state index in [1.807, 2.05) is 20.8 Å². The number of aliphatic carboxylic acids is 1. The maximum Gasteiger partial charge on any atom is 0.312 e. The minimum atomic E-state index is -0.650. The number of esters is 1. The highest BCUT2D eigenvalue weighted by Crippen LogP contribution is 2.51. The van der Waals surface area contributed by atoms with Gasteiger partial charge in [0.1, 0.15) is 11.4 Å². The smallest absolute Gasteiger partial charge is 0.312 e. The van der Waals surface area contributed by atoms with E-state index in [9.17, 15) is 14.4 Å². The van der Waals surface area contributed by atoms with E-state index in [2.05, 4.69) is 0 Å². The Bertz CT molecular complexity index is 564. The maximum absolute atomic E-state index is 12.3. The first-order valence-corrected chi connectivity index (χ1v) is 11.1. The summed E-state index contributed by atoms with van der Waals surface area (Å²) in [5.41, 5.74) is -1.10. The fourth-order valence-corrected chi connectivity index (χ4v) is 3.86. The molecule has 0 heterocycles. The monoisotopic (exact) mass is 394 g/mol. The summed E-state index contributed by atoms with van der Waals surface area (Å²) >= 11 is 0. The average Bonchev–Trinajstić information content (AvgIpc) is 3.48. The molecule has 0 bridgehead atoms. The van der Waals surface area contributed by atoms with E-state index >= 15 is 0 Å². The van der Waals surface area contributed by atoms with Crippen molar-refractivity contribution < 1.29 is 24.2 Å². The van der Waals surface area contributed by atoms with Gasteiger partial charge >= 0.3 is 11.9 Å². The zero-order valence-electron chi connectivity index (χ0n) is 18.0. The van der Waals surface area contributed by atoms with E-state index in [0.29, 0.717) is 18.6 Å². The van der Waals surface area contributed by atoms with Gasteiger partial charge in [-0.25, -0.2) is 0 Å². The van der Waals surface area contributed by atoms with Crippen LogP contribution in [-0.2, 0) is 19.1 Å². The Morgan fingerprint density at radius 1 is 0.786 bits per heavy atom. The summed E-state index contributed by atoms with van der Waals surface area (Å²) in [7, 11) is 0. The molecular formula is C23H38O5. The zero-order chi connectivity index (χ0) is 20.8. The largest absolute Gasteiger partial charge is 0.481 e. The Kier molecular flexibility index (Phi) is 7.69. The molecule has 5 nitrogen and oxygen atoms in total. The Morgan fingerprint density at radius 3 is 1.64 bits per heavy atom. The van der Waals surface area contributed by atoms with E-state index < -0.39 is 17.0 Å². The number of carboxylic acid groups (broad SMARTS) is 1. The van der Waals surface area contributed by atoms with Crippen LogP contribution in [-0.4, -0.2) is 28.4 Å². The van der Waals surface area contributed by atoms with Gasteiger partial charge in [-0.3, -0.25) is 14.4 Å². The summed E-state index contributed by atoms with van der Waals surface area (Å²) in [5.74, 6) is -0.386. The number of hydrogen-bond donors (Lipinski definition) is 1. The molecule has 0 saturated heterocycles. The number of hydrogen-bond acceptors (Lipinski definition) is 4. The number of Topliss-reactive ketones (excluding diaryl/α,β-unsaturated/α-hetero) is 1. The van der Waals surface area contributed by atoms with Crippen LogP contribution in [0.5, 0.6) is 0 Å². The molecule has 2 fully saturated rings. The molecule has 0 radical (unpaired) electrons. The molecule has 1 N–H and O–H groups in total. The van der Waals surface area contributed by atoms with E-state index in [1.165, 1.54) is 0 Å². The molecule has 5 heteroatoms. The third-order valence-electron chi connectivity index (χ3n) is 6.21. The van der Waals surface area contributed by atoms with Gasteiger partial charge in [-0.1, -0.05) is 25.7 Å². The molecule has 0 aromatic carbocycles. The molecule has 0 spiro atoms. The number of ether oxygens (including phenoxy) is 1. The lowest BCUT2D eigenvalue weighted by Gasteiger charge is -2.23. The molecule has 2 aliphatic carbocycles. The number of unbranched alkanes of at least 4 members (excludes halogenated alkanes) is 4. The van der Waals surface area contributed by atoms with E-state index in [-0.39, 0.29) is 11.4 Å². The topological polar surface area (TPSA) is 80.7 Å². The molecule has 2 aliphatic rings. The highest BCUT2D eigenvalue weighted by Gasteiger charge is 2.51. The van der Waals surface area contributed by atoms with E-state index in [4.69, 9.17) is 9.84 Å². The minimum Gasteiger partial charge on any atom is -0.481 e. The van der Waals surface area contributed by atoms with Crippen molar-refractivity contribution in [3.05, 3.63) is 0 Å². The summed E-state index contributed by atoms with van der Waals surface area (Å²) in [5, 5.41) is 9.14. The van der Waals surface area contributed by atoms with Crippen molar-refractivity contribution in [2.75, 3.05) is 0 Å². The van der Waals surface area contributed by atoms with Crippen LogP contribution in [0, 0.1) is 10.8 Å². The zero-order valence-corrected chi connectivity index (χ0v) is 18.0. The van der Waals surface area contributed by atoms with Crippen molar-refractivity contribution in [1.29, 1.82) is 0 Å². The number of carbonyl (C=O) groups excluding carboxylic acids is 2. The van der Waals surface area contributed by atoms with Crippen molar-refractivity contribution in [2.24, 2.45) is 10.8 Å².